The highest BCUT2D eigenvalue weighted by Gasteiger charge is 2.35. The molecule has 3 rings (SSSR count). The minimum atomic E-state index is -4.51. The summed E-state index contributed by atoms with van der Waals surface area (Å²) in [7, 11) is 0. The van der Waals surface area contributed by atoms with Crippen molar-refractivity contribution in [1.82, 2.24) is 19.7 Å². The van der Waals surface area contributed by atoms with Crippen LogP contribution in [0.15, 0.2) is 36.7 Å². The van der Waals surface area contributed by atoms with Crippen molar-refractivity contribution in [3.8, 4) is 5.88 Å². The van der Waals surface area contributed by atoms with Gasteiger partial charge in [0.05, 0.1) is 13.1 Å². The van der Waals surface area contributed by atoms with Crippen molar-refractivity contribution in [1.29, 1.82) is 0 Å². The molecular weight excluding hydrogens is 313 g/mol. The molecule has 1 saturated heterocycles. The molecule has 1 amide bonds. The number of halogens is 3. The van der Waals surface area contributed by atoms with Crippen molar-refractivity contribution >= 4 is 5.91 Å². The van der Waals surface area contributed by atoms with Crippen molar-refractivity contribution in [3.63, 3.8) is 0 Å². The first-order valence-corrected chi connectivity index (χ1v) is 6.88. The molecule has 2 aromatic rings. The minimum Gasteiger partial charge on any atom is -0.471 e. The van der Waals surface area contributed by atoms with Gasteiger partial charge in [-0.2, -0.15) is 18.3 Å². The summed E-state index contributed by atoms with van der Waals surface area (Å²) in [6, 6.07) is 5.20. The van der Waals surface area contributed by atoms with Crippen LogP contribution in [0.3, 0.4) is 0 Å². The Bertz CT molecular complexity index is 682. The molecule has 1 aliphatic heterocycles. The summed E-state index contributed by atoms with van der Waals surface area (Å²) in [6.45, 7) is 0.761. The molecule has 2 aromatic heterocycles. The van der Waals surface area contributed by atoms with Crippen LogP contribution < -0.4 is 4.74 Å². The summed E-state index contributed by atoms with van der Waals surface area (Å²) in [5.41, 5.74) is -0.999. The van der Waals surface area contributed by atoms with Gasteiger partial charge in [-0.15, -0.1) is 0 Å². The molecular formula is C14H13F3N4O2. The highest BCUT2D eigenvalue weighted by atomic mass is 19.4. The van der Waals surface area contributed by atoms with E-state index in [2.05, 4.69) is 10.1 Å². The molecule has 0 radical (unpaired) electrons. The maximum absolute atomic E-state index is 12.6. The van der Waals surface area contributed by atoms with Crippen LogP contribution in [0, 0.1) is 0 Å². The molecule has 0 saturated carbocycles. The number of likely N-dealkylation sites (tertiary alicyclic amines) is 1. The zero-order chi connectivity index (χ0) is 16.4. The van der Waals surface area contributed by atoms with Gasteiger partial charge in [-0.05, 0) is 12.1 Å². The topological polar surface area (TPSA) is 60.2 Å². The van der Waals surface area contributed by atoms with Crippen LogP contribution in [0.1, 0.15) is 5.69 Å². The van der Waals surface area contributed by atoms with Crippen LogP contribution in [0.5, 0.6) is 5.88 Å². The second-order valence-corrected chi connectivity index (χ2v) is 5.10. The SMILES string of the molecule is O=C(Cn1cccn1)N1CC(Oc2cccc(C(F)(F)F)n2)C1. The lowest BCUT2D eigenvalue weighted by atomic mass is 10.1. The number of aromatic nitrogens is 3. The Balaban J connectivity index is 1.51. The fraction of sp³-hybridized carbons (Fsp3) is 0.357. The van der Waals surface area contributed by atoms with Gasteiger partial charge < -0.3 is 9.64 Å². The van der Waals surface area contributed by atoms with Gasteiger partial charge in [0.2, 0.25) is 11.8 Å². The Morgan fingerprint density at radius 3 is 2.74 bits per heavy atom. The lowest BCUT2D eigenvalue weighted by Crippen LogP contribution is -2.57. The predicted molar refractivity (Wildman–Crippen MR) is 72.5 cm³/mol. The number of carbonyl (C=O) groups is 1. The van der Waals surface area contributed by atoms with Crippen LogP contribution in [-0.2, 0) is 17.5 Å². The summed E-state index contributed by atoms with van der Waals surface area (Å²) in [6.07, 6.45) is -1.61. The van der Waals surface area contributed by atoms with Crippen molar-refractivity contribution < 1.29 is 22.7 Å². The summed E-state index contributed by atoms with van der Waals surface area (Å²) in [4.78, 5) is 16.9. The second kappa shape index (κ2) is 5.90. The van der Waals surface area contributed by atoms with E-state index in [-0.39, 0.29) is 24.4 Å². The molecule has 0 aromatic carbocycles. The maximum Gasteiger partial charge on any atom is 0.433 e. The highest BCUT2D eigenvalue weighted by molar-refractivity contribution is 5.76. The monoisotopic (exact) mass is 326 g/mol. The lowest BCUT2D eigenvalue weighted by Gasteiger charge is -2.38. The van der Waals surface area contributed by atoms with Crippen molar-refractivity contribution in [2.75, 3.05) is 13.1 Å². The number of pyridine rings is 1. The molecule has 122 valence electrons. The Labute approximate surface area is 129 Å². The minimum absolute atomic E-state index is 0.0935. The van der Waals surface area contributed by atoms with Gasteiger partial charge in [0, 0.05) is 18.5 Å². The number of alkyl halides is 3. The molecule has 9 heteroatoms. The summed E-state index contributed by atoms with van der Waals surface area (Å²) < 4.78 is 44.6. The van der Waals surface area contributed by atoms with Crippen molar-refractivity contribution in [2.24, 2.45) is 0 Å². The van der Waals surface area contributed by atoms with Gasteiger partial charge in [0.15, 0.2) is 0 Å². The summed E-state index contributed by atoms with van der Waals surface area (Å²) in [5.74, 6) is -0.213. The van der Waals surface area contributed by atoms with E-state index in [9.17, 15) is 18.0 Å². The maximum atomic E-state index is 12.6. The highest BCUT2D eigenvalue weighted by Crippen LogP contribution is 2.29. The number of amides is 1. The van der Waals surface area contributed by atoms with E-state index in [1.807, 2.05) is 0 Å². The Kier molecular flexibility index (Phi) is 3.93. The predicted octanol–water partition coefficient (Wildman–Crippen LogP) is 1.59. The molecule has 3 heterocycles. The molecule has 0 unspecified atom stereocenters. The number of nitrogens with zero attached hydrogens (tertiary/aromatic N) is 4. The number of ether oxygens (including phenoxy) is 1. The van der Waals surface area contributed by atoms with E-state index in [0.29, 0.717) is 13.1 Å². The van der Waals surface area contributed by atoms with Crippen LogP contribution in [0.2, 0.25) is 0 Å². The quantitative estimate of drug-likeness (QED) is 0.856. The van der Waals surface area contributed by atoms with Crippen molar-refractivity contribution in [3.05, 3.63) is 42.4 Å². The zero-order valence-electron chi connectivity index (χ0n) is 11.9. The first-order chi connectivity index (χ1) is 10.9. The van der Waals surface area contributed by atoms with Crippen LogP contribution in [-0.4, -0.2) is 44.8 Å². The van der Waals surface area contributed by atoms with Gasteiger partial charge >= 0.3 is 6.18 Å². The average Bonchev–Trinajstić information content (AvgIpc) is 2.94. The van der Waals surface area contributed by atoms with Crippen molar-refractivity contribution in [2.45, 2.75) is 18.8 Å². The van der Waals surface area contributed by atoms with E-state index in [4.69, 9.17) is 4.74 Å². The first kappa shape index (κ1) is 15.3. The van der Waals surface area contributed by atoms with Gasteiger partial charge in [-0.1, -0.05) is 6.07 Å². The summed E-state index contributed by atoms with van der Waals surface area (Å²) >= 11 is 0. The molecule has 6 nitrogen and oxygen atoms in total. The number of hydrogen-bond acceptors (Lipinski definition) is 4. The Morgan fingerprint density at radius 2 is 2.09 bits per heavy atom. The molecule has 23 heavy (non-hydrogen) atoms. The third-order valence-corrected chi connectivity index (χ3v) is 3.36. The summed E-state index contributed by atoms with van der Waals surface area (Å²) in [5, 5.41) is 3.94. The average molecular weight is 326 g/mol. The largest absolute Gasteiger partial charge is 0.471 e. The zero-order valence-corrected chi connectivity index (χ0v) is 11.9. The van der Waals surface area contributed by atoms with E-state index in [1.54, 1.807) is 23.4 Å². The smallest absolute Gasteiger partial charge is 0.433 e. The number of hydrogen-bond donors (Lipinski definition) is 0. The molecule has 1 fully saturated rings. The number of rotatable bonds is 4. The van der Waals surface area contributed by atoms with Crippen LogP contribution in [0.4, 0.5) is 13.2 Å². The Morgan fingerprint density at radius 1 is 1.30 bits per heavy atom. The molecule has 0 N–H and O–H groups in total. The van der Waals surface area contributed by atoms with E-state index in [1.165, 1.54) is 16.8 Å². The lowest BCUT2D eigenvalue weighted by molar-refractivity contribution is -0.142. The fourth-order valence-corrected chi connectivity index (χ4v) is 2.16. The second-order valence-electron chi connectivity index (χ2n) is 5.10. The third-order valence-electron chi connectivity index (χ3n) is 3.36. The van der Waals surface area contributed by atoms with Gasteiger partial charge in [-0.25, -0.2) is 4.98 Å². The molecule has 0 spiro atoms. The van der Waals surface area contributed by atoms with Gasteiger partial charge in [0.1, 0.15) is 18.3 Å². The first-order valence-electron chi connectivity index (χ1n) is 6.88. The van der Waals surface area contributed by atoms with E-state index < -0.39 is 11.9 Å². The number of carbonyl (C=O) groups excluding carboxylic acids is 1. The van der Waals surface area contributed by atoms with Crippen LogP contribution >= 0.6 is 0 Å². The van der Waals surface area contributed by atoms with Gasteiger partial charge in [-0.3, -0.25) is 9.48 Å². The normalized spacial score (nSPS) is 15.3. The molecule has 0 bridgehead atoms. The Hall–Kier alpha value is -2.58. The molecule has 1 aliphatic rings. The van der Waals surface area contributed by atoms with E-state index in [0.717, 1.165) is 6.07 Å². The van der Waals surface area contributed by atoms with Gasteiger partial charge in [0.25, 0.3) is 0 Å². The molecule has 0 atom stereocenters. The van der Waals surface area contributed by atoms with Crippen LogP contribution in [0.25, 0.3) is 0 Å². The standard InChI is InChI=1S/C14H13F3N4O2/c15-14(16,17)11-3-1-4-12(19-11)23-10-7-20(8-10)13(22)9-21-6-2-5-18-21/h1-6,10H,7-9H2. The third kappa shape index (κ3) is 3.61. The fourth-order valence-electron chi connectivity index (χ4n) is 2.16. The van der Waals surface area contributed by atoms with E-state index >= 15 is 0 Å². The molecule has 0 aliphatic carbocycles.